The number of aromatic nitrogens is 1. The first-order valence-corrected chi connectivity index (χ1v) is 10.9. The highest BCUT2D eigenvalue weighted by molar-refractivity contribution is 5.50. The van der Waals surface area contributed by atoms with Gasteiger partial charge in [-0.25, -0.2) is 0 Å². The summed E-state index contributed by atoms with van der Waals surface area (Å²) in [5, 5.41) is 0. The van der Waals surface area contributed by atoms with Gasteiger partial charge in [-0.15, -0.1) is 0 Å². The number of benzene rings is 1. The second-order valence-electron chi connectivity index (χ2n) is 8.00. The molecule has 1 aromatic carbocycles. The van der Waals surface area contributed by atoms with Gasteiger partial charge in [0.1, 0.15) is 5.75 Å². The molecule has 3 rings (SSSR count). The Morgan fingerprint density at radius 1 is 1.07 bits per heavy atom. The SMILES string of the molecule is COCCN1CCC(CN(C/C=C/c2ccc(OC)cc2)Cc2ccncc2)CC1. The maximum absolute atomic E-state index is 5.24. The molecule has 5 nitrogen and oxygen atoms in total. The van der Waals surface area contributed by atoms with Crippen molar-refractivity contribution in [1.82, 2.24) is 14.8 Å². The van der Waals surface area contributed by atoms with Crippen LogP contribution in [0.25, 0.3) is 6.08 Å². The Hall–Kier alpha value is -2.21. The molecule has 1 saturated heterocycles. The summed E-state index contributed by atoms with van der Waals surface area (Å²) in [6.07, 6.45) is 10.8. The van der Waals surface area contributed by atoms with Crippen LogP contribution in [-0.2, 0) is 11.3 Å². The van der Waals surface area contributed by atoms with Gasteiger partial charge in [-0.1, -0.05) is 24.3 Å². The Morgan fingerprint density at radius 2 is 1.80 bits per heavy atom. The molecule has 0 unspecified atom stereocenters. The second-order valence-corrected chi connectivity index (χ2v) is 8.00. The van der Waals surface area contributed by atoms with E-state index in [1.807, 2.05) is 24.5 Å². The number of nitrogens with zero attached hydrogens (tertiary/aromatic N) is 3. The van der Waals surface area contributed by atoms with E-state index in [4.69, 9.17) is 9.47 Å². The summed E-state index contributed by atoms with van der Waals surface area (Å²) in [5.74, 6) is 1.64. The minimum Gasteiger partial charge on any atom is -0.497 e. The highest BCUT2D eigenvalue weighted by Crippen LogP contribution is 2.20. The first kappa shape index (κ1) is 22.5. The molecule has 162 valence electrons. The van der Waals surface area contributed by atoms with E-state index < -0.39 is 0 Å². The fourth-order valence-electron chi connectivity index (χ4n) is 3.98. The topological polar surface area (TPSA) is 37.8 Å². The quantitative estimate of drug-likeness (QED) is 0.562. The Balaban J connectivity index is 1.55. The number of methoxy groups -OCH3 is 2. The number of likely N-dealkylation sites (tertiary alicyclic amines) is 1. The molecule has 1 aliphatic rings. The van der Waals surface area contributed by atoms with Crippen LogP contribution in [0.5, 0.6) is 5.75 Å². The molecule has 0 bridgehead atoms. The molecule has 30 heavy (non-hydrogen) atoms. The van der Waals surface area contributed by atoms with Gasteiger partial charge in [0, 0.05) is 45.7 Å². The van der Waals surface area contributed by atoms with Gasteiger partial charge in [0.25, 0.3) is 0 Å². The molecule has 1 aliphatic heterocycles. The molecule has 0 N–H and O–H groups in total. The molecule has 0 atom stereocenters. The minimum absolute atomic E-state index is 0.750. The van der Waals surface area contributed by atoms with E-state index in [9.17, 15) is 0 Å². The van der Waals surface area contributed by atoms with Crippen LogP contribution in [0.15, 0.2) is 54.9 Å². The molecule has 0 spiro atoms. The Kier molecular flexibility index (Phi) is 9.35. The van der Waals surface area contributed by atoms with Crippen LogP contribution >= 0.6 is 0 Å². The van der Waals surface area contributed by atoms with Crippen molar-refractivity contribution >= 4 is 6.08 Å². The van der Waals surface area contributed by atoms with Crippen molar-refractivity contribution in [3.05, 3.63) is 66.0 Å². The van der Waals surface area contributed by atoms with Crippen LogP contribution in [0.3, 0.4) is 0 Å². The standard InChI is InChI=1S/C25H35N3O2/c1-29-19-18-27-16-11-24(12-17-27)21-28(20-23-9-13-26-14-10-23)15-3-4-22-5-7-25(30-2)8-6-22/h3-10,13-14,24H,11-12,15-21H2,1-2H3/b4-3+. The Labute approximate surface area is 181 Å². The van der Waals surface area contributed by atoms with Crippen LogP contribution < -0.4 is 4.74 Å². The molecule has 1 fully saturated rings. The van der Waals surface area contributed by atoms with Crippen molar-refractivity contribution in [2.75, 3.05) is 53.6 Å². The van der Waals surface area contributed by atoms with Crippen LogP contribution in [0, 0.1) is 5.92 Å². The maximum atomic E-state index is 5.24. The first-order chi connectivity index (χ1) is 14.8. The summed E-state index contributed by atoms with van der Waals surface area (Å²) in [6.45, 7) is 7.27. The van der Waals surface area contributed by atoms with Crippen molar-refractivity contribution in [3.8, 4) is 5.75 Å². The average Bonchev–Trinajstić information content (AvgIpc) is 2.79. The number of hydrogen-bond donors (Lipinski definition) is 0. The van der Waals surface area contributed by atoms with Gasteiger partial charge in [-0.3, -0.25) is 9.88 Å². The number of pyridine rings is 1. The molecular weight excluding hydrogens is 374 g/mol. The lowest BCUT2D eigenvalue weighted by atomic mass is 9.96. The van der Waals surface area contributed by atoms with Crippen molar-refractivity contribution in [2.24, 2.45) is 5.92 Å². The minimum atomic E-state index is 0.750. The van der Waals surface area contributed by atoms with Gasteiger partial charge < -0.3 is 14.4 Å². The van der Waals surface area contributed by atoms with Crippen molar-refractivity contribution in [1.29, 1.82) is 0 Å². The van der Waals surface area contributed by atoms with E-state index in [1.165, 1.54) is 37.1 Å². The highest BCUT2D eigenvalue weighted by atomic mass is 16.5. The number of ether oxygens (including phenoxy) is 2. The van der Waals surface area contributed by atoms with Gasteiger partial charge in [-0.2, -0.15) is 0 Å². The monoisotopic (exact) mass is 409 g/mol. The Bertz CT molecular complexity index is 741. The summed E-state index contributed by atoms with van der Waals surface area (Å²) in [5.41, 5.74) is 2.52. The Morgan fingerprint density at radius 3 is 2.47 bits per heavy atom. The summed E-state index contributed by atoms with van der Waals surface area (Å²) in [4.78, 5) is 9.24. The van der Waals surface area contributed by atoms with Gasteiger partial charge in [0.15, 0.2) is 0 Å². The fourth-order valence-corrected chi connectivity index (χ4v) is 3.98. The number of piperidine rings is 1. The van der Waals surface area contributed by atoms with Gasteiger partial charge in [0.2, 0.25) is 0 Å². The second kappa shape index (κ2) is 12.5. The zero-order valence-corrected chi connectivity index (χ0v) is 18.4. The molecular formula is C25H35N3O2. The van der Waals surface area contributed by atoms with Gasteiger partial charge in [0.05, 0.1) is 13.7 Å². The smallest absolute Gasteiger partial charge is 0.118 e. The van der Waals surface area contributed by atoms with E-state index in [1.54, 1.807) is 14.2 Å². The van der Waals surface area contributed by atoms with Crippen LogP contribution in [-0.4, -0.2) is 68.3 Å². The van der Waals surface area contributed by atoms with Crippen LogP contribution in [0.4, 0.5) is 0 Å². The predicted molar refractivity (Wildman–Crippen MR) is 123 cm³/mol. The van der Waals surface area contributed by atoms with Crippen LogP contribution in [0.2, 0.25) is 0 Å². The first-order valence-electron chi connectivity index (χ1n) is 10.9. The molecule has 1 aromatic heterocycles. The molecule has 2 aromatic rings. The summed E-state index contributed by atoms with van der Waals surface area (Å²) in [6, 6.07) is 12.4. The lowest BCUT2D eigenvalue weighted by molar-refractivity contribution is 0.107. The van der Waals surface area contributed by atoms with Crippen molar-refractivity contribution in [2.45, 2.75) is 19.4 Å². The zero-order valence-electron chi connectivity index (χ0n) is 18.4. The van der Waals surface area contributed by atoms with Crippen molar-refractivity contribution in [3.63, 3.8) is 0 Å². The van der Waals surface area contributed by atoms with Gasteiger partial charge >= 0.3 is 0 Å². The maximum Gasteiger partial charge on any atom is 0.118 e. The third-order valence-corrected chi connectivity index (χ3v) is 5.78. The molecule has 5 heteroatoms. The molecule has 2 heterocycles. The van der Waals surface area contributed by atoms with Gasteiger partial charge in [-0.05, 0) is 67.2 Å². The molecule has 0 radical (unpaired) electrons. The van der Waals surface area contributed by atoms with E-state index >= 15 is 0 Å². The molecule has 0 saturated carbocycles. The summed E-state index contributed by atoms with van der Waals surface area (Å²) < 4.78 is 10.5. The van der Waals surface area contributed by atoms with E-state index in [-0.39, 0.29) is 0 Å². The van der Waals surface area contributed by atoms with Crippen LogP contribution in [0.1, 0.15) is 24.0 Å². The normalized spacial score (nSPS) is 15.8. The predicted octanol–water partition coefficient (Wildman–Crippen LogP) is 3.96. The molecule has 0 aliphatic carbocycles. The lowest BCUT2D eigenvalue weighted by Crippen LogP contribution is -2.39. The third kappa shape index (κ3) is 7.56. The third-order valence-electron chi connectivity index (χ3n) is 5.78. The molecule has 0 amide bonds. The fraction of sp³-hybridized carbons (Fsp3) is 0.480. The van der Waals surface area contributed by atoms with E-state index in [0.717, 1.165) is 44.5 Å². The lowest BCUT2D eigenvalue weighted by Gasteiger charge is -2.34. The zero-order chi connectivity index (χ0) is 21.0. The highest BCUT2D eigenvalue weighted by Gasteiger charge is 2.21. The number of hydrogen-bond acceptors (Lipinski definition) is 5. The van der Waals surface area contributed by atoms with Crippen molar-refractivity contribution < 1.29 is 9.47 Å². The van der Waals surface area contributed by atoms with E-state index in [0.29, 0.717) is 0 Å². The largest absolute Gasteiger partial charge is 0.497 e. The summed E-state index contributed by atoms with van der Waals surface area (Å²) in [7, 11) is 3.48. The average molecular weight is 410 g/mol. The van der Waals surface area contributed by atoms with E-state index in [2.05, 4.69) is 51.2 Å². The summed E-state index contributed by atoms with van der Waals surface area (Å²) >= 11 is 0. The number of rotatable bonds is 11.